The number of pyridine rings is 1. The number of carbonyl (C=O) groups excluding carboxylic acids is 1. The van der Waals surface area contributed by atoms with Crippen LogP contribution in [0.15, 0.2) is 53.7 Å². The van der Waals surface area contributed by atoms with Crippen molar-refractivity contribution in [2.45, 2.75) is 35.3 Å². The third-order valence-electron chi connectivity index (χ3n) is 5.30. The smallest absolute Gasteiger partial charge is 0.228 e. The molecule has 27 heavy (non-hydrogen) atoms. The minimum absolute atomic E-state index is 0.0381. The van der Waals surface area contributed by atoms with Crippen LogP contribution < -0.4 is 5.32 Å². The lowest BCUT2D eigenvalue weighted by atomic mass is 10.1. The molecule has 2 aromatic rings. The van der Waals surface area contributed by atoms with E-state index in [1.807, 2.05) is 12.1 Å². The van der Waals surface area contributed by atoms with Crippen LogP contribution in [-0.2, 0) is 19.4 Å². The number of amides is 1. The summed E-state index contributed by atoms with van der Waals surface area (Å²) in [5.74, 6) is 0.121. The normalized spacial score (nSPS) is 23.0. The molecule has 1 aliphatic carbocycles. The van der Waals surface area contributed by atoms with E-state index in [1.54, 1.807) is 36.7 Å². The highest BCUT2D eigenvalue weighted by Gasteiger charge is 2.44. The number of hydrogen-bond donors (Lipinski definition) is 1. The number of nitrogens with zero attached hydrogens (tertiary/aromatic N) is 1. The van der Waals surface area contributed by atoms with E-state index >= 15 is 0 Å². The van der Waals surface area contributed by atoms with Gasteiger partial charge in [0.25, 0.3) is 0 Å². The number of sulfone groups is 1. The Bertz CT molecular complexity index is 907. The zero-order chi connectivity index (χ0) is 18.9. The maximum absolute atomic E-state index is 12.7. The van der Waals surface area contributed by atoms with Crippen molar-refractivity contribution in [3.05, 3.63) is 54.4 Å². The largest absolute Gasteiger partial charge is 0.381 e. The highest BCUT2D eigenvalue weighted by atomic mass is 32.2. The molecular weight excluding hydrogens is 364 g/mol. The van der Waals surface area contributed by atoms with Crippen molar-refractivity contribution in [3.63, 3.8) is 0 Å². The second-order valence-corrected chi connectivity index (χ2v) is 9.33. The molecule has 142 valence electrons. The highest BCUT2D eigenvalue weighted by molar-refractivity contribution is 7.92. The Balaban J connectivity index is 1.39. The second kappa shape index (κ2) is 7.40. The molecule has 0 bridgehead atoms. The first-order chi connectivity index (χ1) is 13.1. The molecule has 1 amide bonds. The van der Waals surface area contributed by atoms with Gasteiger partial charge < -0.3 is 10.1 Å². The molecule has 0 unspecified atom stereocenters. The van der Waals surface area contributed by atoms with Crippen molar-refractivity contribution in [3.8, 4) is 0 Å². The summed E-state index contributed by atoms with van der Waals surface area (Å²) in [6.07, 6.45) is 5.38. The average Bonchev–Trinajstić information content (AvgIpc) is 3.51. The quantitative estimate of drug-likeness (QED) is 0.854. The molecule has 1 saturated heterocycles. The Morgan fingerprint density at radius 2 is 1.85 bits per heavy atom. The molecule has 7 heteroatoms. The van der Waals surface area contributed by atoms with Gasteiger partial charge in [0, 0.05) is 37.2 Å². The lowest BCUT2D eigenvalue weighted by Gasteiger charge is -2.22. The van der Waals surface area contributed by atoms with Crippen LogP contribution in [0.2, 0.25) is 0 Å². The third kappa shape index (κ3) is 3.89. The zero-order valence-electron chi connectivity index (χ0n) is 14.9. The van der Waals surface area contributed by atoms with Gasteiger partial charge in [-0.1, -0.05) is 6.07 Å². The van der Waals surface area contributed by atoms with Gasteiger partial charge in [0.15, 0.2) is 9.84 Å². The van der Waals surface area contributed by atoms with Crippen LogP contribution in [0.5, 0.6) is 0 Å². The van der Waals surface area contributed by atoms with E-state index < -0.39 is 15.1 Å². The summed E-state index contributed by atoms with van der Waals surface area (Å²) in [5, 5.41) is 2.50. The SMILES string of the molecule is O=C(Nc1ccc(S(=O)(=O)C2CCOCC2)cc1)[C@H]1C[C@@H]1c1cccnc1. The van der Waals surface area contributed by atoms with Gasteiger partial charge in [-0.3, -0.25) is 9.78 Å². The molecule has 6 nitrogen and oxygen atoms in total. The van der Waals surface area contributed by atoms with Crippen molar-refractivity contribution < 1.29 is 17.9 Å². The molecule has 1 aromatic carbocycles. The number of hydrogen-bond acceptors (Lipinski definition) is 5. The topological polar surface area (TPSA) is 85.4 Å². The van der Waals surface area contributed by atoms with Gasteiger partial charge in [0.1, 0.15) is 0 Å². The Kier molecular flexibility index (Phi) is 4.97. The monoisotopic (exact) mass is 386 g/mol. The fraction of sp³-hybridized carbons (Fsp3) is 0.400. The van der Waals surface area contributed by atoms with E-state index in [0.717, 1.165) is 12.0 Å². The van der Waals surface area contributed by atoms with Crippen molar-refractivity contribution in [2.75, 3.05) is 18.5 Å². The molecule has 1 N–H and O–H groups in total. The average molecular weight is 386 g/mol. The molecule has 0 spiro atoms. The highest BCUT2D eigenvalue weighted by Crippen LogP contribution is 2.47. The van der Waals surface area contributed by atoms with E-state index in [2.05, 4.69) is 10.3 Å². The predicted octanol–water partition coefficient (Wildman–Crippen LogP) is 2.78. The molecular formula is C20H22N2O4S. The number of aromatic nitrogens is 1. The Morgan fingerprint density at radius 1 is 1.11 bits per heavy atom. The molecule has 2 fully saturated rings. The fourth-order valence-electron chi connectivity index (χ4n) is 3.59. The van der Waals surface area contributed by atoms with Crippen molar-refractivity contribution in [1.29, 1.82) is 0 Å². The molecule has 2 heterocycles. The van der Waals surface area contributed by atoms with Crippen LogP contribution in [0.25, 0.3) is 0 Å². The summed E-state index contributed by atoms with van der Waals surface area (Å²) in [5.41, 5.74) is 1.69. The third-order valence-corrected chi connectivity index (χ3v) is 7.58. The van der Waals surface area contributed by atoms with Crippen LogP contribution in [0.1, 0.15) is 30.7 Å². The Labute approximate surface area is 158 Å². The first kappa shape index (κ1) is 18.1. The standard InChI is InChI=1S/C20H22N2O4S/c23-20(19-12-18(19)14-2-1-9-21-13-14)22-15-3-5-16(6-4-15)27(24,25)17-7-10-26-11-8-17/h1-6,9,13,17-19H,7-8,10-12H2,(H,22,23)/t18-,19+/m1/s1. The summed E-state index contributed by atoms with van der Waals surface area (Å²) >= 11 is 0. The first-order valence-electron chi connectivity index (χ1n) is 9.18. The maximum atomic E-state index is 12.7. The van der Waals surface area contributed by atoms with E-state index in [0.29, 0.717) is 36.6 Å². The van der Waals surface area contributed by atoms with Gasteiger partial charge in [-0.25, -0.2) is 8.42 Å². The Hall–Kier alpha value is -2.25. The zero-order valence-corrected chi connectivity index (χ0v) is 15.7. The molecule has 1 saturated carbocycles. The fourth-order valence-corrected chi connectivity index (χ4v) is 5.30. The van der Waals surface area contributed by atoms with Crippen molar-refractivity contribution in [1.82, 2.24) is 4.98 Å². The van der Waals surface area contributed by atoms with Crippen LogP contribution in [0, 0.1) is 5.92 Å². The van der Waals surface area contributed by atoms with E-state index in [1.165, 1.54) is 0 Å². The van der Waals surface area contributed by atoms with E-state index in [-0.39, 0.29) is 17.7 Å². The summed E-state index contributed by atoms with van der Waals surface area (Å²) in [7, 11) is -3.36. The van der Waals surface area contributed by atoms with Crippen LogP contribution in [-0.4, -0.2) is 37.8 Å². The minimum Gasteiger partial charge on any atom is -0.381 e. The number of ether oxygens (including phenoxy) is 1. The van der Waals surface area contributed by atoms with Gasteiger partial charge in [-0.15, -0.1) is 0 Å². The van der Waals surface area contributed by atoms with Gasteiger partial charge in [-0.05, 0) is 61.1 Å². The molecule has 0 radical (unpaired) electrons. The van der Waals surface area contributed by atoms with Crippen LogP contribution >= 0.6 is 0 Å². The molecule has 2 aliphatic rings. The lowest BCUT2D eigenvalue weighted by Crippen LogP contribution is -2.28. The second-order valence-electron chi connectivity index (χ2n) is 7.11. The van der Waals surface area contributed by atoms with Gasteiger partial charge in [-0.2, -0.15) is 0 Å². The van der Waals surface area contributed by atoms with Crippen molar-refractivity contribution in [2.24, 2.45) is 5.92 Å². The summed E-state index contributed by atoms with van der Waals surface area (Å²) < 4.78 is 30.6. The number of nitrogens with one attached hydrogen (secondary N) is 1. The number of benzene rings is 1. The van der Waals surface area contributed by atoms with Crippen molar-refractivity contribution >= 4 is 21.4 Å². The summed E-state index contributed by atoms with van der Waals surface area (Å²) in [4.78, 5) is 16.8. The number of carbonyl (C=O) groups is 1. The first-order valence-corrected chi connectivity index (χ1v) is 10.7. The van der Waals surface area contributed by atoms with Gasteiger partial charge >= 0.3 is 0 Å². The number of rotatable bonds is 5. The molecule has 1 aromatic heterocycles. The maximum Gasteiger partial charge on any atom is 0.228 e. The van der Waals surface area contributed by atoms with E-state index in [4.69, 9.17) is 4.74 Å². The van der Waals surface area contributed by atoms with Gasteiger partial charge in [0.05, 0.1) is 10.1 Å². The Morgan fingerprint density at radius 3 is 2.52 bits per heavy atom. The lowest BCUT2D eigenvalue weighted by molar-refractivity contribution is -0.117. The van der Waals surface area contributed by atoms with Gasteiger partial charge in [0.2, 0.25) is 5.91 Å². The predicted molar refractivity (Wildman–Crippen MR) is 101 cm³/mol. The minimum atomic E-state index is -3.36. The number of anilines is 1. The molecule has 4 rings (SSSR count). The van der Waals surface area contributed by atoms with Crippen LogP contribution in [0.3, 0.4) is 0 Å². The van der Waals surface area contributed by atoms with E-state index in [9.17, 15) is 13.2 Å². The summed E-state index contributed by atoms with van der Waals surface area (Å²) in [6, 6.07) is 10.3. The molecule has 1 aliphatic heterocycles. The molecule has 2 atom stereocenters. The van der Waals surface area contributed by atoms with Crippen LogP contribution in [0.4, 0.5) is 5.69 Å². The summed E-state index contributed by atoms with van der Waals surface area (Å²) in [6.45, 7) is 0.967.